The minimum Gasteiger partial charge on any atom is -0.352 e. The first-order valence-corrected chi connectivity index (χ1v) is 8.49. The number of amides is 2. The normalized spacial score (nSPS) is 15.6. The van der Waals surface area contributed by atoms with E-state index in [9.17, 15) is 9.59 Å². The Balaban J connectivity index is 1.70. The number of carbonyl (C=O) groups is 2. The van der Waals surface area contributed by atoms with Crippen molar-refractivity contribution in [2.24, 2.45) is 0 Å². The largest absolute Gasteiger partial charge is 0.352 e. The van der Waals surface area contributed by atoms with E-state index >= 15 is 0 Å². The van der Waals surface area contributed by atoms with Gasteiger partial charge in [0.25, 0.3) is 0 Å². The van der Waals surface area contributed by atoms with Crippen molar-refractivity contribution < 1.29 is 9.59 Å². The Bertz CT molecular complexity index is 815. The molecule has 5 heteroatoms. The van der Waals surface area contributed by atoms with Crippen LogP contribution < -0.4 is 5.32 Å². The first-order chi connectivity index (χ1) is 12.0. The summed E-state index contributed by atoms with van der Waals surface area (Å²) in [5, 5.41) is 3.58. The van der Waals surface area contributed by atoms with Gasteiger partial charge in [-0.3, -0.25) is 9.59 Å². The van der Waals surface area contributed by atoms with Gasteiger partial charge in [-0.1, -0.05) is 48.0 Å². The fraction of sp³-hybridized carbons (Fsp3) is 0.200. The first-order valence-electron chi connectivity index (χ1n) is 8.12. The third kappa shape index (κ3) is 4.09. The second kappa shape index (κ2) is 7.53. The molecule has 0 bridgehead atoms. The average Bonchev–Trinajstić information content (AvgIpc) is 2.61. The zero-order chi connectivity index (χ0) is 17.8. The molecule has 0 fully saturated rings. The molecule has 1 unspecified atom stereocenters. The highest BCUT2D eigenvalue weighted by molar-refractivity contribution is 6.30. The van der Waals surface area contributed by atoms with E-state index in [-0.39, 0.29) is 24.3 Å². The third-order valence-corrected chi connectivity index (χ3v) is 4.50. The number of hydrogen-bond acceptors (Lipinski definition) is 2. The van der Waals surface area contributed by atoms with Gasteiger partial charge >= 0.3 is 0 Å². The van der Waals surface area contributed by atoms with Crippen molar-refractivity contribution in [1.29, 1.82) is 0 Å². The van der Waals surface area contributed by atoms with E-state index in [2.05, 4.69) is 5.32 Å². The van der Waals surface area contributed by atoms with E-state index in [1.54, 1.807) is 23.2 Å². The van der Waals surface area contributed by atoms with Crippen LogP contribution in [0.15, 0.2) is 54.7 Å². The van der Waals surface area contributed by atoms with Gasteiger partial charge in [0.1, 0.15) is 0 Å². The number of halogens is 1. The summed E-state index contributed by atoms with van der Waals surface area (Å²) in [4.78, 5) is 26.0. The predicted octanol–water partition coefficient (Wildman–Crippen LogP) is 3.92. The van der Waals surface area contributed by atoms with Crippen LogP contribution in [-0.4, -0.2) is 16.7 Å². The zero-order valence-corrected chi connectivity index (χ0v) is 14.7. The van der Waals surface area contributed by atoms with Crippen LogP contribution in [0.25, 0.3) is 6.08 Å². The van der Waals surface area contributed by atoms with Crippen molar-refractivity contribution in [1.82, 2.24) is 10.2 Å². The highest BCUT2D eigenvalue weighted by Gasteiger charge is 2.27. The molecule has 25 heavy (non-hydrogen) atoms. The topological polar surface area (TPSA) is 49.4 Å². The molecule has 0 aliphatic carbocycles. The maximum absolute atomic E-state index is 12.4. The Kier molecular flexibility index (Phi) is 5.19. The second-order valence-electron chi connectivity index (χ2n) is 5.99. The molecule has 2 aromatic carbocycles. The van der Waals surface area contributed by atoms with E-state index in [0.717, 1.165) is 16.7 Å². The van der Waals surface area contributed by atoms with Crippen molar-refractivity contribution >= 4 is 29.5 Å². The van der Waals surface area contributed by atoms with Gasteiger partial charge in [0, 0.05) is 24.7 Å². The van der Waals surface area contributed by atoms with Crippen molar-refractivity contribution in [2.75, 3.05) is 0 Å². The fourth-order valence-electron chi connectivity index (χ4n) is 2.96. The summed E-state index contributed by atoms with van der Waals surface area (Å²) in [5.74, 6) is -0.183. The maximum Gasteiger partial charge on any atom is 0.223 e. The predicted molar refractivity (Wildman–Crippen MR) is 98.7 cm³/mol. The molecule has 4 nitrogen and oxygen atoms in total. The van der Waals surface area contributed by atoms with Crippen LogP contribution in [0.4, 0.5) is 0 Å². The van der Waals surface area contributed by atoms with Crippen molar-refractivity contribution in [3.8, 4) is 0 Å². The number of carbonyl (C=O) groups excluding carboxylic acids is 2. The monoisotopic (exact) mass is 354 g/mol. The molecule has 2 aromatic rings. The van der Waals surface area contributed by atoms with Crippen molar-refractivity contribution in [3.63, 3.8) is 0 Å². The molecule has 1 aliphatic rings. The van der Waals surface area contributed by atoms with Crippen LogP contribution in [0, 0.1) is 0 Å². The molecule has 2 amide bonds. The summed E-state index contributed by atoms with van der Waals surface area (Å²) in [6.45, 7) is 1.94. The fourth-order valence-corrected chi connectivity index (χ4v) is 3.09. The lowest BCUT2D eigenvalue weighted by Crippen LogP contribution is -2.35. The van der Waals surface area contributed by atoms with Gasteiger partial charge < -0.3 is 10.2 Å². The number of benzene rings is 2. The highest BCUT2D eigenvalue weighted by Crippen LogP contribution is 2.32. The van der Waals surface area contributed by atoms with Crippen LogP contribution in [0.5, 0.6) is 0 Å². The van der Waals surface area contributed by atoms with E-state index in [0.29, 0.717) is 11.6 Å². The summed E-state index contributed by atoms with van der Waals surface area (Å²) in [5.41, 5.74) is 3.00. The summed E-state index contributed by atoms with van der Waals surface area (Å²) in [6, 6.07) is 14.9. The van der Waals surface area contributed by atoms with Gasteiger partial charge in [0.2, 0.25) is 11.8 Å². The summed E-state index contributed by atoms with van der Waals surface area (Å²) < 4.78 is 0. The molecule has 3 rings (SSSR count). The van der Waals surface area contributed by atoms with Gasteiger partial charge in [-0.05, 0) is 34.9 Å². The molecule has 0 spiro atoms. The molecule has 0 saturated carbocycles. The molecule has 1 atom stereocenters. The summed E-state index contributed by atoms with van der Waals surface area (Å²) >= 11 is 5.87. The van der Waals surface area contributed by atoms with E-state index in [4.69, 9.17) is 11.6 Å². The lowest BCUT2D eigenvalue weighted by Gasteiger charge is -2.32. The Labute approximate surface area is 152 Å². The van der Waals surface area contributed by atoms with Gasteiger partial charge in [0.05, 0.1) is 12.5 Å². The Morgan fingerprint density at radius 2 is 1.84 bits per heavy atom. The molecule has 128 valence electrons. The molecule has 0 aromatic heterocycles. The van der Waals surface area contributed by atoms with Crippen LogP contribution in [0.3, 0.4) is 0 Å². The Hall–Kier alpha value is -2.59. The third-order valence-electron chi connectivity index (χ3n) is 4.25. The maximum atomic E-state index is 12.4. The van der Waals surface area contributed by atoms with Crippen LogP contribution in [-0.2, 0) is 16.1 Å². The summed E-state index contributed by atoms with van der Waals surface area (Å²) in [6.07, 6.45) is 3.87. The van der Waals surface area contributed by atoms with Crippen LogP contribution in [0.1, 0.15) is 36.1 Å². The SMILES string of the molecule is CC(=O)N1C=Cc2ccccc2C1CC(=O)NCc1ccc(Cl)cc1. The van der Waals surface area contributed by atoms with E-state index in [1.807, 2.05) is 42.5 Å². The standard InChI is InChI=1S/C20H19ClN2O2/c1-14(24)23-11-10-16-4-2-3-5-18(16)19(23)12-20(25)22-13-15-6-8-17(21)9-7-15/h2-11,19H,12-13H2,1H3,(H,22,25). The highest BCUT2D eigenvalue weighted by atomic mass is 35.5. The molecular formula is C20H19ClN2O2. The van der Waals surface area contributed by atoms with E-state index < -0.39 is 0 Å². The van der Waals surface area contributed by atoms with Crippen LogP contribution in [0.2, 0.25) is 5.02 Å². The van der Waals surface area contributed by atoms with Gasteiger partial charge in [0.15, 0.2) is 0 Å². The van der Waals surface area contributed by atoms with Crippen molar-refractivity contribution in [3.05, 3.63) is 76.4 Å². The van der Waals surface area contributed by atoms with Crippen LogP contribution >= 0.6 is 11.6 Å². The van der Waals surface area contributed by atoms with E-state index in [1.165, 1.54) is 6.92 Å². The lowest BCUT2D eigenvalue weighted by atomic mass is 9.93. The minimum atomic E-state index is -0.288. The van der Waals surface area contributed by atoms with Crippen molar-refractivity contribution in [2.45, 2.75) is 25.9 Å². The average molecular weight is 355 g/mol. The molecule has 1 N–H and O–H groups in total. The van der Waals surface area contributed by atoms with Gasteiger partial charge in [-0.15, -0.1) is 0 Å². The molecule has 1 heterocycles. The smallest absolute Gasteiger partial charge is 0.223 e. The summed E-state index contributed by atoms with van der Waals surface area (Å²) in [7, 11) is 0. The second-order valence-corrected chi connectivity index (χ2v) is 6.43. The molecule has 0 saturated heterocycles. The number of rotatable bonds is 4. The molecular weight excluding hydrogens is 336 g/mol. The number of hydrogen-bond donors (Lipinski definition) is 1. The van der Waals surface area contributed by atoms with Gasteiger partial charge in [-0.2, -0.15) is 0 Å². The zero-order valence-electron chi connectivity index (χ0n) is 13.9. The Morgan fingerprint density at radius 3 is 2.56 bits per heavy atom. The lowest BCUT2D eigenvalue weighted by molar-refractivity contribution is -0.130. The van der Waals surface area contributed by atoms with Gasteiger partial charge in [-0.25, -0.2) is 0 Å². The minimum absolute atomic E-state index is 0.0822. The Morgan fingerprint density at radius 1 is 1.12 bits per heavy atom. The molecule has 0 radical (unpaired) electrons. The first kappa shape index (κ1) is 17.2. The number of nitrogens with one attached hydrogen (secondary N) is 1. The number of fused-ring (bicyclic) bond motifs is 1. The number of nitrogens with zero attached hydrogens (tertiary/aromatic N) is 1. The molecule has 1 aliphatic heterocycles. The quantitative estimate of drug-likeness (QED) is 0.904.